The Morgan fingerprint density at radius 2 is 1.52 bits per heavy atom. The first-order valence-corrected chi connectivity index (χ1v) is 7.59. The van der Waals surface area contributed by atoms with Crippen LogP contribution in [0, 0.1) is 20.5 Å². The van der Waals surface area contributed by atoms with Gasteiger partial charge >= 0.3 is 0 Å². The Hall–Kier alpha value is -4.28. The van der Waals surface area contributed by atoms with Crippen LogP contribution < -0.4 is 9.46 Å². The first-order valence-electron chi connectivity index (χ1n) is 7.59. The number of hydrogen-bond donors (Lipinski definition) is 0. The Balaban J connectivity index is 0.000000159. The van der Waals surface area contributed by atoms with Gasteiger partial charge in [-0.15, -0.1) is 0 Å². The largest absolute Gasteiger partial charge is 0.711 e. The van der Waals surface area contributed by atoms with Gasteiger partial charge in [0, 0.05) is 6.07 Å². The van der Waals surface area contributed by atoms with Crippen molar-refractivity contribution in [1.29, 1.82) is 0 Å². The number of imidazole rings is 2. The first-order chi connectivity index (χ1) is 13.1. The molecule has 0 radical (unpaired) electrons. The van der Waals surface area contributed by atoms with E-state index in [1.54, 1.807) is 35.4 Å². The minimum Gasteiger partial charge on any atom is -0.711 e. The fraction of sp³-hybridized carbons (Fsp3) is 0. The average molecular weight is 367 g/mol. The Morgan fingerprint density at radius 3 is 2.07 bits per heavy atom. The third-order valence-electron chi connectivity index (χ3n) is 3.44. The van der Waals surface area contributed by atoms with Crippen molar-refractivity contribution in [1.82, 2.24) is 19.1 Å². The molecule has 0 aliphatic rings. The van der Waals surface area contributed by atoms with Crippen molar-refractivity contribution in [3.63, 3.8) is 0 Å². The second-order valence-electron chi connectivity index (χ2n) is 5.15. The van der Waals surface area contributed by atoms with Gasteiger partial charge in [0.15, 0.2) is 12.7 Å². The molecule has 4 rings (SSSR count). The van der Waals surface area contributed by atoms with Crippen LogP contribution in [0.1, 0.15) is 0 Å². The lowest BCUT2D eigenvalue weighted by Crippen LogP contribution is -2.31. The lowest BCUT2D eigenvalue weighted by Gasteiger charge is -2.05. The third-order valence-corrected chi connectivity index (χ3v) is 3.44. The summed E-state index contributed by atoms with van der Waals surface area (Å²) in [5, 5.41) is 33.0. The Bertz CT molecular complexity index is 1030. The highest BCUT2D eigenvalue weighted by Gasteiger charge is 2.14. The predicted octanol–water partition coefficient (Wildman–Crippen LogP) is 0.920. The van der Waals surface area contributed by atoms with Crippen LogP contribution in [0.4, 0.5) is 5.69 Å². The summed E-state index contributed by atoms with van der Waals surface area (Å²) in [6.07, 6.45) is 11.9. The molecule has 0 unspecified atom stereocenters. The highest BCUT2D eigenvalue weighted by Crippen LogP contribution is 2.12. The average Bonchev–Trinajstić information content (AvgIpc) is 3.37. The van der Waals surface area contributed by atoms with E-state index in [0.29, 0.717) is 10.5 Å². The maximum absolute atomic E-state index is 11.3. The number of rotatable bonds is 3. The van der Waals surface area contributed by atoms with E-state index in [-0.39, 0.29) is 11.5 Å². The molecular formula is C16H13N7O4. The monoisotopic (exact) mass is 367 g/mol. The molecule has 0 aliphatic carbocycles. The van der Waals surface area contributed by atoms with Crippen molar-refractivity contribution in [2.24, 2.45) is 0 Å². The van der Waals surface area contributed by atoms with Gasteiger partial charge in [0.05, 0.1) is 29.6 Å². The van der Waals surface area contributed by atoms with Gasteiger partial charge in [-0.1, -0.05) is 6.07 Å². The summed E-state index contributed by atoms with van der Waals surface area (Å²) in [6.45, 7) is 0. The molecule has 136 valence electrons. The summed E-state index contributed by atoms with van der Waals surface area (Å²) in [5.74, 6) is 0.691. The lowest BCUT2D eigenvalue weighted by molar-refractivity contribution is -0.600. The fourth-order valence-electron chi connectivity index (χ4n) is 2.17. The standard InChI is InChI=1S/C8H6N4O3.C8H7N3O/c13-11-3-1-7(12(14)15)5-8(11)10-4-2-9-6-10;12-11-5-2-1-3-8(11)10-6-4-9-7-10/h1-6H;1-7H. The van der Waals surface area contributed by atoms with Crippen LogP contribution in [-0.4, -0.2) is 24.0 Å². The van der Waals surface area contributed by atoms with Crippen LogP contribution in [0.15, 0.2) is 80.2 Å². The van der Waals surface area contributed by atoms with E-state index in [1.165, 1.54) is 35.6 Å². The van der Waals surface area contributed by atoms with Crippen molar-refractivity contribution in [2.45, 2.75) is 0 Å². The number of nitro groups is 1. The van der Waals surface area contributed by atoms with Gasteiger partial charge in [0.25, 0.3) is 17.3 Å². The van der Waals surface area contributed by atoms with Crippen molar-refractivity contribution in [3.05, 3.63) is 101 Å². The summed E-state index contributed by atoms with van der Waals surface area (Å²) in [4.78, 5) is 17.6. The first kappa shape index (κ1) is 17.5. The van der Waals surface area contributed by atoms with Crippen molar-refractivity contribution in [2.75, 3.05) is 0 Å². The molecule has 0 atom stereocenters. The molecule has 11 heteroatoms. The molecule has 0 amide bonds. The predicted molar refractivity (Wildman–Crippen MR) is 91.7 cm³/mol. The molecule has 0 aromatic carbocycles. The van der Waals surface area contributed by atoms with Crippen LogP contribution in [0.5, 0.6) is 0 Å². The van der Waals surface area contributed by atoms with Crippen LogP contribution in [0.3, 0.4) is 0 Å². The summed E-state index contributed by atoms with van der Waals surface area (Å²) in [7, 11) is 0. The normalized spacial score (nSPS) is 10.1. The molecule has 11 nitrogen and oxygen atoms in total. The fourth-order valence-corrected chi connectivity index (χ4v) is 2.17. The SMILES string of the molecule is O=[N+]([O-])c1cc[n+]([O-])c(-n2ccnc2)c1.[O-][n+]1ccccc1-n1ccnc1. The third kappa shape index (κ3) is 4.04. The van der Waals surface area contributed by atoms with Crippen LogP contribution >= 0.6 is 0 Å². The van der Waals surface area contributed by atoms with Gasteiger partial charge in [-0.3, -0.25) is 10.1 Å². The van der Waals surface area contributed by atoms with Crippen LogP contribution in [-0.2, 0) is 0 Å². The van der Waals surface area contributed by atoms with E-state index in [9.17, 15) is 20.5 Å². The Kier molecular flexibility index (Phi) is 5.03. The summed E-state index contributed by atoms with van der Waals surface area (Å²) in [6, 6.07) is 7.56. The van der Waals surface area contributed by atoms with Gasteiger partial charge in [-0.25, -0.2) is 19.4 Å². The molecule has 0 bridgehead atoms. The lowest BCUT2D eigenvalue weighted by atomic mass is 10.4. The molecule has 0 fully saturated rings. The van der Waals surface area contributed by atoms with E-state index in [4.69, 9.17) is 0 Å². The Morgan fingerprint density at radius 1 is 0.889 bits per heavy atom. The van der Waals surface area contributed by atoms with E-state index in [0.717, 1.165) is 17.0 Å². The highest BCUT2D eigenvalue weighted by molar-refractivity contribution is 5.33. The van der Waals surface area contributed by atoms with Gasteiger partial charge in [-0.2, -0.15) is 9.13 Å². The van der Waals surface area contributed by atoms with E-state index in [1.807, 2.05) is 6.07 Å². The van der Waals surface area contributed by atoms with Crippen LogP contribution in [0.25, 0.3) is 11.6 Å². The van der Waals surface area contributed by atoms with Crippen LogP contribution in [0.2, 0.25) is 0 Å². The summed E-state index contributed by atoms with van der Waals surface area (Å²) >= 11 is 0. The molecule has 0 N–H and O–H groups in total. The van der Waals surface area contributed by atoms with Crippen molar-refractivity contribution < 1.29 is 14.4 Å². The quantitative estimate of drug-likeness (QED) is 0.229. The number of pyridine rings is 2. The van der Waals surface area contributed by atoms with Crippen molar-refractivity contribution >= 4 is 5.69 Å². The molecule has 0 aliphatic heterocycles. The van der Waals surface area contributed by atoms with Gasteiger partial charge < -0.3 is 10.4 Å². The summed E-state index contributed by atoms with van der Waals surface area (Å²) < 4.78 is 4.39. The minimum atomic E-state index is -0.555. The van der Waals surface area contributed by atoms with E-state index >= 15 is 0 Å². The maximum atomic E-state index is 11.3. The maximum Gasteiger partial charge on any atom is 0.297 e. The van der Waals surface area contributed by atoms with Gasteiger partial charge in [0.1, 0.15) is 24.7 Å². The highest BCUT2D eigenvalue weighted by atomic mass is 16.6. The smallest absolute Gasteiger partial charge is 0.297 e. The van der Waals surface area contributed by atoms with Crippen molar-refractivity contribution in [3.8, 4) is 11.6 Å². The number of hydrogen-bond acceptors (Lipinski definition) is 6. The van der Waals surface area contributed by atoms with Gasteiger partial charge in [0.2, 0.25) is 0 Å². The molecular weight excluding hydrogens is 354 g/mol. The van der Waals surface area contributed by atoms with E-state index in [2.05, 4.69) is 9.97 Å². The molecule has 0 saturated carbocycles. The second kappa shape index (κ2) is 7.74. The molecule has 27 heavy (non-hydrogen) atoms. The minimum absolute atomic E-state index is 0.134. The topological polar surface area (TPSA) is 133 Å². The second-order valence-corrected chi connectivity index (χ2v) is 5.15. The summed E-state index contributed by atoms with van der Waals surface area (Å²) in [5.41, 5.74) is -0.134. The molecule has 4 heterocycles. The number of nitrogens with zero attached hydrogens (tertiary/aromatic N) is 7. The molecule has 4 aromatic heterocycles. The zero-order valence-corrected chi connectivity index (χ0v) is 13.8. The molecule has 0 spiro atoms. The van der Waals surface area contributed by atoms with E-state index < -0.39 is 4.92 Å². The molecule has 0 saturated heterocycles. The zero-order chi connectivity index (χ0) is 19.2. The Labute approximate surface area is 152 Å². The zero-order valence-electron chi connectivity index (χ0n) is 13.8. The van der Waals surface area contributed by atoms with Gasteiger partial charge in [-0.05, 0) is 6.07 Å². The number of aromatic nitrogens is 6. The molecule has 4 aromatic rings.